The number of hydrogen-bond acceptors (Lipinski definition) is 3. The van der Waals surface area contributed by atoms with Crippen LogP contribution in [0.25, 0.3) is 0 Å². The van der Waals surface area contributed by atoms with Crippen molar-refractivity contribution in [2.45, 2.75) is 58.9 Å². The van der Waals surface area contributed by atoms with E-state index < -0.39 is 0 Å². The van der Waals surface area contributed by atoms with Crippen molar-refractivity contribution in [3.05, 3.63) is 0 Å². The van der Waals surface area contributed by atoms with E-state index in [0.717, 1.165) is 37.9 Å². The summed E-state index contributed by atoms with van der Waals surface area (Å²) in [5.74, 6) is 1.61. The molecule has 2 fully saturated rings. The summed E-state index contributed by atoms with van der Waals surface area (Å²) in [7, 11) is 0. The van der Waals surface area contributed by atoms with Crippen LogP contribution >= 0.6 is 0 Å². The van der Waals surface area contributed by atoms with Crippen LogP contribution in [-0.2, 0) is 0 Å². The number of urea groups is 1. The van der Waals surface area contributed by atoms with Crippen LogP contribution in [-0.4, -0.2) is 67.7 Å². The molecule has 0 spiro atoms. The maximum atomic E-state index is 12.0. The van der Waals surface area contributed by atoms with Gasteiger partial charge in [-0.1, -0.05) is 20.3 Å². The van der Waals surface area contributed by atoms with E-state index in [9.17, 15) is 4.79 Å². The van der Waals surface area contributed by atoms with Gasteiger partial charge in [0.2, 0.25) is 0 Å². The summed E-state index contributed by atoms with van der Waals surface area (Å²) in [6.45, 7) is 14.4. The van der Waals surface area contributed by atoms with E-state index in [-0.39, 0.29) is 12.1 Å². The molecule has 2 aliphatic rings. The van der Waals surface area contributed by atoms with Gasteiger partial charge < -0.3 is 20.4 Å². The van der Waals surface area contributed by atoms with Gasteiger partial charge in [0.1, 0.15) is 0 Å². The third kappa shape index (κ3) is 7.39. The highest BCUT2D eigenvalue weighted by Crippen LogP contribution is 2.20. The summed E-state index contributed by atoms with van der Waals surface area (Å²) in [5, 5.41) is 6.09. The van der Waals surface area contributed by atoms with Crippen molar-refractivity contribution in [2.24, 2.45) is 11.8 Å². The van der Waals surface area contributed by atoms with Crippen molar-refractivity contribution < 1.29 is 4.79 Å². The maximum absolute atomic E-state index is 12.0. The molecule has 5 nitrogen and oxygen atoms in total. The molecule has 0 aromatic rings. The van der Waals surface area contributed by atoms with Crippen molar-refractivity contribution >= 4 is 6.03 Å². The van der Waals surface area contributed by atoms with Crippen LogP contribution in [0.15, 0.2) is 0 Å². The van der Waals surface area contributed by atoms with Gasteiger partial charge in [-0.05, 0) is 64.1 Å². The first kappa shape index (κ1) is 19.5. The first-order valence-corrected chi connectivity index (χ1v) is 10.0. The number of hydrogen-bond donors (Lipinski definition) is 2. The van der Waals surface area contributed by atoms with Crippen molar-refractivity contribution in [3.8, 4) is 0 Å². The van der Waals surface area contributed by atoms with Crippen LogP contribution in [0, 0.1) is 11.8 Å². The Labute approximate surface area is 148 Å². The van der Waals surface area contributed by atoms with Crippen LogP contribution in [0.5, 0.6) is 0 Å². The van der Waals surface area contributed by atoms with Gasteiger partial charge in [-0.15, -0.1) is 0 Å². The number of nitrogens with one attached hydrogen (secondary N) is 2. The monoisotopic (exact) mass is 338 g/mol. The predicted octanol–water partition coefficient (Wildman–Crippen LogP) is 2.53. The summed E-state index contributed by atoms with van der Waals surface area (Å²) < 4.78 is 0. The molecular formula is C19H38N4O. The molecule has 0 bridgehead atoms. The summed E-state index contributed by atoms with van der Waals surface area (Å²) in [6, 6.07) is 0.201. The molecular weight excluding hydrogens is 300 g/mol. The molecule has 0 aromatic carbocycles. The van der Waals surface area contributed by atoms with Crippen molar-refractivity contribution in [1.82, 2.24) is 20.4 Å². The van der Waals surface area contributed by atoms with Gasteiger partial charge in [-0.25, -0.2) is 4.79 Å². The van der Waals surface area contributed by atoms with Gasteiger partial charge in [-0.3, -0.25) is 0 Å². The minimum atomic E-state index is -0.0140. The Morgan fingerprint density at radius 2 is 1.75 bits per heavy atom. The Morgan fingerprint density at radius 3 is 2.42 bits per heavy atom. The van der Waals surface area contributed by atoms with E-state index in [0.29, 0.717) is 0 Å². The molecule has 0 radical (unpaired) electrons. The zero-order chi connectivity index (χ0) is 17.4. The van der Waals surface area contributed by atoms with Gasteiger partial charge in [-0.2, -0.15) is 0 Å². The third-order valence-electron chi connectivity index (χ3n) is 5.24. The Hall–Kier alpha value is -0.810. The Balaban J connectivity index is 1.52. The molecule has 24 heavy (non-hydrogen) atoms. The third-order valence-corrected chi connectivity index (χ3v) is 5.24. The Morgan fingerprint density at radius 1 is 1.08 bits per heavy atom. The van der Waals surface area contributed by atoms with E-state index in [1.54, 1.807) is 0 Å². The lowest BCUT2D eigenvalue weighted by Crippen LogP contribution is -2.47. The van der Waals surface area contributed by atoms with Gasteiger partial charge in [0.25, 0.3) is 0 Å². The van der Waals surface area contributed by atoms with Gasteiger partial charge >= 0.3 is 6.03 Å². The summed E-state index contributed by atoms with van der Waals surface area (Å²) in [5.41, 5.74) is 0. The highest BCUT2D eigenvalue weighted by atomic mass is 16.2. The minimum Gasteiger partial charge on any atom is -0.338 e. The highest BCUT2D eigenvalue weighted by molar-refractivity contribution is 5.74. The number of carbonyl (C=O) groups is 1. The average Bonchev–Trinajstić information content (AvgIpc) is 2.51. The van der Waals surface area contributed by atoms with Gasteiger partial charge in [0, 0.05) is 32.2 Å². The lowest BCUT2D eigenvalue weighted by molar-refractivity contribution is 0.139. The fourth-order valence-corrected chi connectivity index (χ4v) is 4.33. The van der Waals surface area contributed by atoms with E-state index in [1.165, 1.54) is 51.9 Å². The zero-order valence-corrected chi connectivity index (χ0v) is 16.0. The zero-order valence-electron chi connectivity index (χ0n) is 16.0. The number of piperidine rings is 2. The largest absolute Gasteiger partial charge is 0.338 e. The normalized spacial score (nSPS) is 27.6. The number of rotatable bonds is 7. The molecule has 0 aromatic heterocycles. The summed E-state index contributed by atoms with van der Waals surface area (Å²) in [4.78, 5) is 17.0. The standard InChI is InChI=1S/C19H38N4O/c1-16-12-17(2)14-23(13-16)11-7-8-20-19(24)21-18(3)15-22-9-5-4-6-10-22/h16-18H,4-15H2,1-3H3,(H2,20,21,24). The van der Waals surface area contributed by atoms with Crippen molar-refractivity contribution in [3.63, 3.8) is 0 Å². The molecule has 2 rings (SSSR count). The number of likely N-dealkylation sites (tertiary alicyclic amines) is 2. The minimum absolute atomic E-state index is 0.0140. The molecule has 2 amide bonds. The van der Waals surface area contributed by atoms with E-state index in [4.69, 9.17) is 0 Å². The number of nitrogens with zero attached hydrogens (tertiary/aromatic N) is 2. The van der Waals surface area contributed by atoms with Gasteiger partial charge in [0.05, 0.1) is 0 Å². The lowest BCUT2D eigenvalue weighted by Gasteiger charge is -2.35. The smallest absolute Gasteiger partial charge is 0.315 e. The van der Waals surface area contributed by atoms with Crippen LogP contribution in [0.3, 0.4) is 0 Å². The molecule has 3 atom stereocenters. The first-order chi connectivity index (χ1) is 11.5. The molecule has 2 N–H and O–H groups in total. The Kier molecular flexibility index (Phi) is 8.33. The molecule has 2 saturated heterocycles. The maximum Gasteiger partial charge on any atom is 0.315 e. The quantitative estimate of drug-likeness (QED) is 0.701. The van der Waals surface area contributed by atoms with Crippen molar-refractivity contribution in [1.29, 1.82) is 0 Å². The highest BCUT2D eigenvalue weighted by Gasteiger charge is 2.21. The van der Waals surface area contributed by atoms with Crippen LogP contribution in [0.2, 0.25) is 0 Å². The van der Waals surface area contributed by atoms with E-state index >= 15 is 0 Å². The van der Waals surface area contributed by atoms with Crippen molar-refractivity contribution in [2.75, 3.05) is 45.8 Å². The van der Waals surface area contributed by atoms with Crippen LogP contribution in [0.1, 0.15) is 52.9 Å². The van der Waals surface area contributed by atoms with Gasteiger partial charge in [0.15, 0.2) is 0 Å². The Bertz CT molecular complexity index is 360. The van der Waals surface area contributed by atoms with E-state index in [2.05, 4.69) is 41.2 Å². The molecule has 0 saturated carbocycles. The molecule has 2 heterocycles. The van der Waals surface area contributed by atoms with E-state index in [1.807, 2.05) is 0 Å². The average molecular weight is 339 g/mol. The summed E-state index contributed by atoms with van der Waals surface area (Å²) >= 11 is 0. The fraction of sp³-hybridized carbons (Fsp3) is 0.947. The second kappa shape index (κ2) is 10.2. The first-order valence-electron chi connectivity index (χ1n) is 10.0. The summed E-state index contributed by atoms with van der Waals surface area (Å²) in [6.07, 6.45) is 6.34. The molecule has 140 valence electrons. The molecule has 5 heteroatoms. The van der Waals surface area contributed by atoms with Crippen LogP contribution in [0.4, 0.5) is 4.79 Å². The number of carbonyl (C=O) groups excluding carboxylic acids is 1. The number of amides is 2. The lowest BCUT2D eigenvalue weighted by atomic mass is 9.92. The molecule has 2 aliphatic heterocycles. The topological polar surface area (TPSA) is 47.6 Å². The molecule has 3 unspecified atom stereocenters. The predicted molar refractivity (Wildman–Crippen MR) is 100 cm³/mol. The second-order valence-corrected chi connectivity index (χ2v) is 8.22. The van der Waals surface area contributed by atoms with Crippen LogP contribution < -0.4 is 10.6 Å². The molecule has 0 aliphatic carbocycles. The second-order valence-electron chi connectivity index (χ2n) is 8.22. The SMILES string of the molecule is CC1CC(C)CN(CCCNC(=O)NC(C)CN2CCCCC2)C1. The fourth-order valence-electron chi connectivity index (χ4n) is 4.33.